The normalized spacial score (nSPS) is 19.5. The average Bonchev–Trinajstić information content (AvgIpc) is 2.68. The van der Waals surface area contributed by atoms with Crippen LogP contribution in [0.4, 0.5) is 0 Å². The van der Waals surface area contributed by atoms with Gasteiger partial charge >= 0.3 is 0 Å². The predicted molar refractivity (Wildman–Crippen MR) is 122 cm³/mol. The summed E-state index contributed by atoms with van der Waals surface area (Å²) >= 11 is 0. The van der Waals surface area contributed by atoms with Crippen molar-refractivity contribution >= 4 is 40.6 Å². The van der Waals surface area contributed by atoms with Gasteiger partial charge in [-0.25, -0.2) is 8.42 Å². The number of nitrogens with zero attached hydrogens (tertiary/aromatic N) is 1. The summed E-state index contributed by atoms with van der Waals surface area (Å²) in [4.78, 5) is 15.2. The van der Waals surface area contributed by atoms with Crippen molar-refractivity contribution in [3.05, 3.63) is 35.4 Å². The minimum atomic E-state index is -3.47. The Labute approximate surface area is 186 Å². The second-order valence-corrected chi connectivity index (χ2v) is 10.2. The number of benzene rings is 1. The lowest BCUT2D eigenvalue weighted by molar-refractivity contribution is -0.124. The molecule has 0 radical (unpaired) electrons. The summed E-state index contributed by atoms with van der Waals surface area (Å²) in [5.74, 6) is -0.371. The van der Waals surface area contributed by atoms with Crippen LogP contribution >= 0.6 is 24.8 Å². The van der Waals surface area contributed by atoms with Gasteiger partial charge in [0.15, 0.2) is 14.6 Å². The van der Waals surface area contributed by atoms with E-state index >= 15 is 0 Å². The lowest BCUT2D eigenvalue weighted by Gasteiger charge is -2.34. The van der Waals surface area contributed by atoms with Crippen LogP contribution in [0.5, 0.6) is 0 Å². The van der Waals surface area contributed by atoms with E-state index in [4.69, 9.17) is 0 Å². The van der Waals surface area contributed by atoms with Crippen molar-refractivity contribution in [1.29, 1.82) is 0 Å². The van der Waals surface area contributed by atoms with Gasteiger partial charge in [-0.3, -0.25) is 9.69 Å². The highest BCUT2D eigenvalue weighted by Gasteiger charge is 2.48. The molecule has 1 amide bonds. The maximum atomic E-state index is 12.7. The Morgan fingerprint density at radius 1 is 1.03 bits per heavy atom. The molecule has 1 aromatic carbocycles. The van der Waals surface area contributed by atoms with E-state index in [1.54, 1.807) is 0 Å². The monoisotopic (exact) mass is 465 g/mol. The Hall–Kier alpha value is -0.860. The second kappa shape index (κ2) is 11.5. The fourth-order valence-electron chi connectivity index (χ4n) is 4.08. The molecule has 2 heterocycles. The average molecular weight is 466 g/mol. The van der Waals surface area contributed by atoms with Gasteiger partial charge in [0, 0.05) is 19.3 Å². The molecule has 29 heavy (non-hydrogen) atoms. The number of carbonyl (C=O) groups excluding carboxylic acids is 1. The Bertz CT molecular complexity index is 745. The number of rotatable bonds is 6. The molecule has 0 unspecified atom stereocenters. The number of hydrogen-bond donors (Lipinski definition) is 2. The Balaban J connectivity index is 0.00000210. The lowest BCUT2D eigenvalue weighted by Crippen LogP contribution is -2.57. The Kier molecular flexibility index (Phi) is 10.4. The molecule has 0 aliphatic carbocycles. The number of hydrogen-bond acceptors (Lipinski definition) is 5. The third kappa shape index (κ3) is 6.56. The van der Waals surface area contributed by atoms with E-state index in [2.05, 4.69) is 27.7 Å². The quantitative estimate of drug-likeness (QED) is 0.673. The zero-order valence-corrected chi connectivity index (χ0v) is 19.4. The highest BCUT2D eigenvalue weighted by Crippen LogP contribution is 2.28. The molecule has 0 saturated carbocycles. The van der Waals surface area contributed by atoms with E-state index in [1.165, 1.54) is 44.2 Å². The van der Waals surface area contributed by atoms with Gasteiger partial charge < -0.3 is 10.6 Å². The molecule has 2 N–H and O–H groups in total. The van der Waals surface area contributed by atoms with Crippen LogP contribution in [0.1, 0.15) is 43.2 Å². The van der Waals surface area contributed by atoms with E-state index in [0.29, 0.717) is 32.5 Å². The van der Waals surface area contributed by atoms with Gasteiger partial charge in [0.2, 0.25) is 5.91 Å². The summed E-state index contributed by atoms with van der Waals surface area (Å²) < 4.78 is 23.3. The molecule has 2 aliphatic heterocycles. The molecule has 2 saturated heterocycles. The van der Waals surface area contributed by atoms with Gasteiger partial charge in [0.25, 0.3) is 0 Å². The van der Waals surface area contributed by atoms with E-state index < -0.39 is 14.6 Å². The maximum absolute atomic E-state index is 12.7. The first kappa shape index (κ1) is 26.2. The first-order chi connectivity index (χ1) is 12.9. The number of likely N-dealkylation sites (tertiary alicyclic amines) is 1. The topological polar surface area (TPSA) is 78.5 Å². The standard InChI is InChI=1S/C20H31N3O3S.2ClH/c1-27(25,26)20(9-11-21-12-10-20)19(24)22-15-17-5-7-18(8-6-17)16-23-13-3-2-4-14-23;;/h5-8,21H,2-4,9-16H2,1H3,(H,22,24);2*1H. The van der Waals surface area contributed by atoms with Gasteiger partial charge in [0.1, 0.15) is 0 Å². The minimum absolute atomic E-state index is 0. The van der Waals surface area contributed by atoms with Crippen molar-refractivity contribution in [2.24, 2.45) is 0 Å². The van der Waals surface area contributed by atoms with Crippen molar-refractivity contribution in [2.75, 3.05) is 32.4 Å². The fraction of sp³-hybridized carbons (Fsp3) is 0.650. The fourth-order valence-corrected chi connectivity index (χ4v) is 5.43. The van der Waals surface area contributed by atoms with E-state index in [1.807, 2.05) is 12.1 Å². The molecule has 1 aromatic rings. The molecule has 0 aromatic heterocycles. The molecule has 2 fully saturated rings. The maximum Gasteiger partial charge on any atom is 0.241 e. The highest BCUT2D eigenvalue weighted by molar-refractivity contribution is 7.92. The van der Waals surface area contributed by atoms with E-state index in [-0.39, 0.29) is 30.7 Å². The molecule has 6 nitrogen and oxygen atoms in total. The smallest absolute Gasteiger partial charge is 0.241 e. The number of sulfone groups is 1. The molecular formula is C20H33Cl2N3O3S. The predicted octanol–water partition coefficient (Wildman–Crippen LogP) is 2.30. The van der Waals surface area contributed by atoms with Gasteiger partial charge in [-0.1, -0.05) is 30.7 Å². The molecule has 166 valence electrons. The summed E-state index contributed by atoms with van der Waals surface area (Å²) in [5, 5.41) is 5.99. The van der Waals surface area contributed by atoms with Crippen LogP contribution in [0.2, 0.25) is 0 Å². The van der Waals surface area contributed by atoms with Crippen LogP contribution < -0.4 is 10.6 Å². The number of piperidine rings is 2. The second-order valence-electron chi connectivity index (χ2n) is 7.85. The number of nitrogens with one attached hydrogen (secondary N) is 2. The summed E-state index contributed by atoms with van der Waals surface area (Å²) in [6, 6.07) is 8.25. The highest BCUT2D eigenvalue weighted by atomic mass is 35.5. The zero-order chi connectivity index (χ0) is 19.3. The van der Waals surface area contributed by atoms with Crippen LogP contribution in [-0.4, -0.2) is 56.4 Å². The van der Waals surface area contributed by atoms with Crippen LogP contribution in [0.15, 0.2) is 24.3 Å². The molecule has 0 atom stereocenters. The van der Waals surface area contributed by atoms with Crippen LogP contribution in [-0.2, 0) is 27.7 Å². The molecule has 3 rings (SSSR count). The van der Waals surface area contributed by atoms with Crippen LogP contribution in [0, 0.1) is 0 Å². The Morgan fingerprint density at radius 3 is 2.14 bits per heavy atom. The number of amides is 1. The summed E-state index contributed by atoms with van der Waals surface area (Å²) in [5.41, 5.74) is 2.27. The van der Waals surface area contributed by atoms with Crippen molar-refractivity contribution in [3.63, 3.8) is 0 Å². The van der Waals surface area contributed by atoms with Crippen molar-refractivity contribution in [1.82, 2.24) is 15.5 Å². The third-order valence-corrected chi connectivity index (χ3v) is 7.88. The summed E-state index contributed by atoms with van der Waals surface area (Å²) in [6.07, 6.45) is 5.72. The van der Waals surface area contributed by atoms with Crippen LogP contribution in [0.3, 0.4) is 0 Å². The van der Waals surface area contributed by atoms with Gasteiger partial charge in [-0.15, -0.1) is 24.8 Å². The minimum Gasteiger partial charge on any atom is -0.351 e. The summed E-state index contributed by atoms with van der Waals surface area (Å²) in [7, 11) is -3.47. The van der Waals surface area contributed by atoms with E-state index in [9.17, 15) is 13.2 Å². The largest absolute Gasteiger partial charge is 0.351 e. The zero-order valence-electron chi connectivity index (χ0n) is 17.0. The molecule has 0 bridgehead atoms. The number of carbonyl (C=O) groups is 1. The first-order valence-electron chi connectivity index (χ1n) is 9.89. The van der Waals surface area contributed by atoms with E-state index in [0.717, 1.165) is 12.1 Å². The van der Waals surface area contributed by atoms with Crippen molar-refractivity contribution in [2.45, 2.75) is 49.9 Å². The molecule has 0 spiro atoms. The van der Waals surface area contributed by atoms with Crippen LogP contribution in [0.25, 0.3) is 0 Å². The Morgan fingerprint density at radius 2 is 1.59 bits per heavy atom. The lowest BCUT2D eigenvalue weighted by atomic mass is 9.95. The van der Waals surface area contributed by atoms with Crippen molar-refractivity contribution in [3.8, 4) is 0 Å². The molecular weight excluding hydrogens is 433 g/mol. The first-order valence-corrected chi connectivity index (χ1v) is 11.8. The van der Waals surface area contributed by atoms with Gasteiger partial charge in [-0.2, -0.15) is 0 Å². The molecule has 9 heteroatoms. The SMILES string of the molecule is CS(=O)(=O)C1(C(=O)NCc2ccc(CN3CCCCC3)cc2)CCNCC1.Cl.Cl. The third-order valence-electron chi connectivity index (χ3n) is 5.87. The molecule has 2 aliphatic rings. The number of halogens is 2. The van der Waals surface area contributed by atoms with Gasteiger partial charge in [0.05, 0.1) is 0 Å². The van der Waals surface area contributed by atoms with Gasteiger partial charge in [-0.05, 0) is 63.0 Å². The summed E-state index contributed by atoms with van der Waals surface area (Å²) in [6.45, 7) is 4.75. The van der Waals surface area contributed by atoms with Crippen molar-refractivity contribution < 1.29 is 13.2 Å².